The number of piperidine rings is 1. The molecule has 0 atom stereocenters. The van der Waals surface area contributed by atoms with Crippen molar-refractivity contribution in [1.82, 2.24) is 25.1 Å². The first-order valence-corrected chi connectivity index (χ1v) is 11.4. The summed E-state index contributed by atoms with van der Waals surface area (Å²) in [6, 6.07) is 11.4. The molecule has 0 aliphatic carbocycles. The number of aryl methyl sites for hydroxylation is 1. The molecule has 1 saturated heterocycles. The van der Waals surface area contributed by atoms with Gasteiger partial charge in [-0.05, 0) is 51.0 Å². The molecular weight excluding hydrogens is 440 g/mol. The van der Waals surface area contributed by atoms with E-state index < -0.39 is 0 Å². The van der Waals surface area contributed by atoms with Crippen molar-refractivity contribution in [3.05, 3.63) is 69.4 Å². The summed E-state index contributed by atoms with van der Waals surface area (Å²) in [6.45, 7) is 5.88. The summed E-state index contributed by atoms with van der Waals surface area (Å²) >= 11 is 5.95. The van der Waals surface area contributed by atoms with Gasteiger partial charge in [-0.3, -0.25) is 14.2 Å². The minimum atomic E-state index is -0.0618. The second kappa shape index (κ2) is 10.1. The minimum Gasteiger partial charge on any atom is -0.355 e. The molecule has 0 spiro atoms. The van der Waals surface area contributed by atoms with Gasteiger partial charge in [0.2, 0.25) is 5.91 Å². The molecule has 172 valence electrons. The molecule has 1 fully saturated rings. The van der Waals surface area contributed by atoms with Crippen molar-refractivity contribution < 1.29 is 4.79 Å². The maximum Gasteiger partial charge on any atom is 0.256 e. The molecule has 0 saturated carbocycles. The number of rotatable bonds is 6. The van der Waals surface area contributed by atoms with E-state index in [0.29, 0.717) is 23.7 Å². The normalized spacial score (nSPS) is 14.3. The van der Waals surface area contributed by atoms with Crippen molar-refractivity contribution in [3.8, 4) is 11.3 Å². The number of hydrogen-bond acceptors (Lipinski definition) is 6. The quantitative estimate of drug-likeness (QED) is 0.600. The van der Waals surface area contributed by atoms with Crippen LogP contribution in [0.2, 0.25) is 5.02 Å². The van der Waals surface area contributed by atoms with Gasteiger partial charge in [-0.15, -0.1) is 10.2 Å². The van der Waals surface area contributed by atoms with Crippen LogP contribution in [0.25, 0.3) is 11.3 Å². The Hall–Kier alpha value is -3.26. The van der Waals surface area contributed by atoms with E-state index in [9.17, 15) is 9.59 Å². The van der Waals surface area contributed by atoms with Crippen LogP contribution in [0.1, 0.15) is 24.1 Å². The Kier molecular flexibility index (Phi) is 7.03. The van der Waals surface area contributed by atoms with E-state index in [0.717, 1.165) is 48.7 Å². The number of halogens is 1. The smallest absolute Gasteiger partial charge is 0.256 e. The monoisotopic (exact) mass is 466 g/mol. The van der Waals surface area contributed by atoms with Crippen LogP contribution in [0.4, 0.5) is 5.82 Å². The van der Waals surface area contributed by atoms with Gasteiger partial charge in [0.05, 0.1) is 12.0 Å². The van der Waals surface area contributed by atoms with Crippen LogP contribution in [0.15, 0.2) is 47.5 Å². The number of amides is 1. The third-order valence-corrected chi connectivity index (χ3v) is 6.40. The SMILES string of the molecule is Cc1ncn(CCNC(=O)C2CCN(c3ccc(-c4ccc(Cl)cc4)nn3)CC2)c(=O)c1C. The Balaban J connectivity index is 1.26. The number of benzene rings is 1. The maximum absolute atomic E-state index is 12.6. The predicted octanol–water partition coefficient (Wildman–Crippen LogP) is 3.00. The van der Waals surface area contributed by atoms with Crippen molar-refractivity contribution in [2.45, 2.75) is 33.2 Å². The Bertz CT molecular complexity index is 1170. The lowest BCUT2D eigenvalue weighted by Gasteiger charge is -2.31. The summed E-state index contributed by atoms with van der Waals surface area (Å²) in [5.41, 5.74) is 3.07. The maximum atomic E-state index is 12.6. The molecule has 3 aromatic rings. The summed E-state index contributed by atoms with van der Waals surface area (Å²) in [4.78, 5) is 31.2. The third-order valence-electron chi connectivity index (χ3n) is 6.15. The lowest BCUT2D eigenvalue weighted by molar-refractivity contribution is -0.125. The Morgan fingerprint density at radius 3 is 2.48 bits per heavy atom. The lowest BCUT2D eigenvalue weighted by atomic mass is 9.96. The fourth-order valence-corrected chi connectivity index (χ4v) is 4.04. The van der Waals surface area contributed by atoms with Crippen LogP contribution < -0.4 is 15.8 Å². The molecule has 9 heteroatoms. The van der Waals surface area contributed by atoms with E-state index >= 15 is 0 Å². The van der Waals surface area contributed by atoms with E-state index in [1.807, 2.05) is 43.3 Å². The van der Waals surface area contributed by atoms with Crippen LogP contribution in [0, 0.1) is 19.8 Å². The van der Waals surface area contributed by atoms with Crippen molar-refractivity contribution in [2.24, 2.45) is 5.92 Å². The molecule has 8 nitrogen and oxygen atoms in total. The topological polar surface area (TPSA) is 93.0 Å². The molecule has 1 N–H and O–H groups in total. The minimum absolute atomic E-state index is 0.0312. The molecule has 2 aromatic heterocycles. The van der Waals surface area contributed by atoms with Crippen LogP contribution in [-0.4, -0.2) is 45.3 Å². The second-order valence-electron chi connectivity index (χ2n) is 8.29. The average molecular weight is 467 g/mol. The Morgan fingerprint density at radius 2 is 1.82 bits per heavy atom. The van der Waals surface area contributed by atoms with E-state index in [-0.39, 0.29) is 17.4 Å². The fraction of sp³-hybridized carbons (Fsp3) is 0.375. The zero-order chi connectivity index (χ0) is 23.4. The van der Waals surface area contributed by atoms with Crippen LogP contribution in [0.5, 0.6) is 0 Å². The molecule has 4 rings (SSSR count). The first-order valence-electron chi connectivity index (χ1n) is 11.1. The van der Waals surface area contributed by atoms with Gasteiger partial charge in [0.15, 0.2) is 5.82 Å². The molecule has 3 heterocycles. The van der Waals surface area contributed by atoms with Crippen molar-refractivity contribution in [3.63, 3.8) is 0 Å². The standard InChI is InChI=1S/C24H27ClN6O2/c1-16-17(2)27-15-31(24(16)33)14-11-26-23(32)19-9-12-30(13-10-19)22-8-7-21(28-29-22)18-3-5-20(25)6-4-18/h3-8,15,19H,9-14H2,1-2H3,(H,26,32). The first-order chi connectivity index (χ1) is 15.9. The van der Waals surface area contributed by atoms with E-state index in [1.165, 1.54) is 10.9 Å². The average Bonchev–Trinajstić information content (AvgIpc) is 2.84. The van der Waals surface area contributed by atoms with E-state index in [1.54, 1.807) is 6.92 Å². The Morgan fingerprint density at radius 1 is 1.09 bits per heavy atom. The van der Waals surface area contributed by atoms with Crippen LogP contribution in [-0.2, 0) is 11.3 Å². The van der Waals surface area contributed by atoms with Gasteiger partial charge in [0, 0.05) is 53.9 Å². The molecule has 0 radical (unpaired) electrons. The van der Waals surface area contributed by atoms with Crippen molar-refractivity contribution in [1.29, 1.82) is 0 Å². The van der Waals surface area contributed by atoms with Gasteiger partial charge in [-0.25, -0.2) is 4.98 Å². The summed E-state index contributed by atoms with van der Waals surface area (Å²) in [5.74, 6) is 0.800. The number of nitrogens with one attached hydrogen (secondary N) is 1. The zero-order valence-electron chi connectivity index (χ0n) is 18.8. The van der Waals surface area contributed by atoms with Gasteiger partial charge in [-0.2, -0.15) is 0 Å². The summed E-state index contributed by atoms with van der Waals surface area (Å²) in [7, 11) is 0. The Labute approximate surface area is 197 Å². The summed E-state index contributed by atoms with van der Waals surface area (Å²) in [5, 5.41) is 12.4. The molecule has 1 aliphatic heterocycles. The lowest BCUT2D eigenvalue weighted by Crippen LogP contribution is -2.42. The second-order valence-corrected chi connectivity index (χ2v) is 8.73. The van der Waals surface area contributed by atoms with Crippen LogP contribution >= 0.6 is 11.6 Å². The number of carbonyl (C=O) groups excluding carboxylic acids is 1. The van der Waals surface area contributed by atoms with E-state index in [2.05, 4.69) is 25.4 Å². The number of anilines is 1. The largest absolute Gasteiger partial charge is 0.355 e. The highest BCUT2D eigenvalue weighted by Crippen LogP contribution is 2.24. The number of nitrogens with zero attached hydrogens (tertiary/aromatic N) is 5. The predicted molar refractivity (Wildman–Crippen MR) is 128 cm³/mol. The number of carbonyl (C=O) groups is 1. The highest BCUT2D eigenvalue weighted by Gasteiger charge is 2.25. The van der Waals surface area contributed by atoms with Crippen molar-refractivity contribution >= 4 is 23.3 Å². The zero-order valence-corrected chi connectivity index (χ0v) is 19.5. The van der Waals surface area contributed by atoms with Gasteiger partial charge in [0.25, 0.3) is 5.56 Å². The van der Waals surface area contributed by atoms with Gasteiger partial charge in [0.1, 0.15) is 0 Å². The molecule has 1 aliphatic rings. The number of aromatic nitrogens is 4. The van der Waals surface area contributed by atoms with Gasteiger partial charge < -0.3 is 10.2 Å². The fourth-order valence-electron chi connectivity index (χ4n) is 3.92. The molecular formula is C24H27ClN6O2. The van der Waals surface area contributed by atoms with E-state index in [4.69, 9.17) is 11.6 Å². The van der Waals surface area contributed by atoms with Gasteiger partial charge >= 0.3 is 0 Å². The number of hydrogen-bond donors (Lipinski definition) is 1. The highest BCUT2D eigenvalue weighted by molar-refractivity contribution is 6.30. The van der Waals surface area contributed by atoms with Crippen molar-refractivity contribution in [2.75, 3.05) is 24.5 Å². The molecule has 0 unspecified atom stereocenters. The van der Waals surface area contributed by atoms with Crippen LogP contribution in [0.3, 0.4) is 0 Å². The summed E-state index contributed by atoms with van der Waals surface area (Å²) in [6.07, 6.45) is 3.03. The first kappa shape index (κ1) is 22.9. The molecule has 33 heavy (non-hydrogen) atoms. The molecule has 1 aromatic carbocycles. The highest BCUT2D eigenvalue weighted by atomic mass is 35.5. The third kappa shape index (κ3) is 5.39. The summed E-state index contributed by atoms with van der Waals surface area (Å²) < 4.78 is 1.54. The van der Waals surface area contributed by atoms with Gasteiger partial charge in [-0.1, -0.05) is 23.7 Å². The molecule has 1 amide bonds. The molecule has 0 bridgehead atoms.